The van der Waals surface area contributed by atoms with Gasteiger partial charge in [0.2, 0.25) is 0 Å². The molecule has 16 N–H and O–H groups in total. The van der Waals surface area contributed by atoms with E-state index >= 15 is 0 Å². The number of methoxy groups -OCH3 is 1. The van der Waals surface area contributed by atoms with Crippen LogP contribution in [0.4, 0.5) is 0 Å². The third-order valence-corrected chi connectivity index (χ3v) is 22.1. The lowest BCUT2D eigenvalue weighted by Crippen LogP contribution is -2.68. The Morgan fingerprint density at radius 1 is 0.518 bits per heavy atom. The van der Waals surface area contributed by atoms with Crippen molar-refractivity contribution < 1.29 is 139 Å². The molecular weight excluding hydrogens is 1130 g/mol. The lowest BCUT2D eigenvalue weighted by Gasteiger charge is -2.61. The molecule has 28 nitrogen and oxygen atoms in total. The van der Waals surface area contributed by atoms with Crippen LogP contribution in [0.2, 0.25) is 0 Å². The Morgan fingerprint density at radius 3 is 1.73 bits per heavy atom. The predicted molar refractivity (Wildman–Crippen MR) is 283 cm³/mol. The average Bonchev–Trinajstić information content (AvgIpc) is 1.60. The summed E-state index contributed by atoms with van der Waals surface area (Å²) in [5.41, 5.74) is 0.0173. The lowest BCUT2D eigenvalue weighted by atomic mass is 9.44. The number of hydrogen-bond acceptors (Lipinski definition) is 28. The standard InChI is InChI=1S/C57H96O28/c1-22(20-75-50-44(71)40(67)37(64)31(16-58)78-50)8-13-57(74-5)23(2)35-30(85-57)15-28-26-7-6-24-14-25(9-11-55(24,3)27(26)10-12-56(28,35)4)77-52-46(73)42(69)47(34(19-61)81-52)82-54-49(84-53-45(72)41(68)38(65)32(17-59)79-53)48(39(66)33(18-60)80-54)83-51-43(70)36(63)29(62)21-76-51/h22-54,58-73H,6-21H2,1-5H3/t22-,23-,24+,25-,26+,27-,28-,29+,30-,31+,32+,33+,34+,35-,36-,37+,38+,39+,40-,41-,42+,43+,44+,45+,46+,47+,48-,49+,50+,51-,52+,53-,54-,55-,56-,57+/m0/s1. The molecule has 10 fully saturated rings. The zero-order valence-corrected chi connectivity index (χ0v) is 48.9. The Morgan fingerprint density at radius 2 is 1.07 bits per heavy atom. The van der Waals surface area contributed by atoms with E-state index in [1.807, 2.05) is 6.92 Å². The van der Waals surface area contributed by atoms with E-state index in [9.17, 15) is 81.7 Å². The number of hydrogen-bond donors (Lipinski definition) is 16. The van der Waals surface area contributed by atoms with Crippen molar-refractivity contribution in [2.45, 2.75) is 257 Å². The van der Waals surface area contributed by atoms with E-state index in [0.29, 0.717) is 43.4 Å². The summed E-state index contributed by atoms with van der Waals surface area (Å²) < 4.78 is 72.8. The van der Waals surface area contributed by atoms with E-state index in [-0.39, 0.29) is 47.2 Å². The molecular formula is C57H96O28. The number of aliphatic hydroxyl groups is 16. The normalized spacial score (nSPS) is 54.9. The first-order valence-corrected chi connectivity index (χ1v) is 30.7. The van der Waals surface area contributed by atoms with Crippen LogP contribution < -0.4 is 0 Å². The summed E-state index contributed by atoms with van der Waals surface area (Å²) in [5, 5.41) is 170. The van der Waals surface area contributed by atoms with Gasteiger partial charge in [0.05, 0.1) is 51.8 Å². The molecule has 0 aromatic heterocycles. The fourth-order valence-corrected chi connectivity index (χ4v) is 17.2. The highest BCUT2D eigenvalue weighted by molar-refractivity contribution is 5.15. The van der Waals surface area contributed by atoms with Crippen molar-refractivity contribution in [1.82, 2.24) is 0 Å². The number of ether oxygens (including phenoxy) is 12. The molecule has 28 heteroatoms. The Balaban J connectivity index is 0.764. The number of fused-ring (bicyclic) bond motifs is 7. The molecule has 6 aliphatic heterocycles. The van der Waals surface area contributed by atoms with Gasteiger partial charge in [-0.25, -0.2) is 0 Å². The van der Waals surface area contributed by atoms with Crippen molar-refractivity contribution >= 4 is 0 Å². The van der Waals surface area contributed by atoms with Gasteiger partial charge in [-0.3, -0.25) is 0 Å². The molecule has 10 aliphatic rings. The third kappa shape index (κ3) is 12.3. The van der Waals surface area contributed by atoms with Gasteiger partial charge in [-0.1, -0.05) is 27.7 Å². The van der Waals surface area contributed by atoms with Crippen LogP contribution in [0.15, 0.2) is 0 Å². The summed E-state index contributed by atoms with van der Waals surface area (Å²) in [6.07, 6.45) is -32.1. The Labute approximate surface area is 493 Å². The molecule has 0 aromatic rings. The fourth-order valence-electron chi connectivity index (χ4n) is 17.2. The number of aliphatic hydroxyl groups excluding tert-OH is 16. The summed E-state index contributed by atoms with van der Waals surface area (Å²) in [5.74, 6) is 1.23. The Hall–Kier alpha value is -1.12. The monoisotopic (exact) mass is 1230 g/mol. The second kappa shape index (κ2) is 26.8. The summed E-state index contributed by atoms with van der Waals surface area (Å²) >= 11 is 0. The molecule has 10 rings (SSSR count). The van der Waals surface area contributed by atoms with Gasteiger partial charge in [-0.05, 0) is 104 Å². The van der Waals surface area contributed by atoms with Crippen LogP contribution in [0.25, 0.3) is 0 Å². The molecule has 492 valence electrons. The summed E-state index contributed by atoms with van der Waals surface area (Å²) in [7, 11) is 1.71. The zero-order valence-electron chi connectivity index (χ0n) is 48.9. The van der Waals surface area contributed by atoms with Crippen molar-refractivity contribution in [3.8, 4) is 0 Å². The lowest BCUT2D eigenvalue weighted by molar-refractivity contribution is -0.404. The minimum Gasteiger partial charge on any atom is -0.394 e. The second-order valence-electron chi connectivity index (χ2n) is 26.8. The minimum absolute atomic E-state index is 0.00540. The molecule has 36 atom stereocenters. The quantitative estimate of drug-likeness (QED) is 0.0540. The SMILES string of the molecule is CO[C@]1(CC[C@H](C)CO[C@@H]2O[C@H](CO)[C@@H](O)[C@H](O)[C@H]2O)O[C@H]2C[C@H]3[C@@H]4CC[C@@H]5C[C@@H](O[C@@H]6O[C@H](CO)[C@@H](O[C@@H]7O[C@H](CO)[C@@H](O)[C@H](O[C@@H]8OC[C@@H](O)[C@H](O)[C@H]8O)[C@H]7O[C@@H]7O[C@H](CO)[C@@H](O)[C@H](O)[C@H]7O)[C@H](O)[C@H]6O)CC[C@]5(C)[C@H]4CC[C@]3(C)[C@H]2[C@@H]1C. The Kier molecular flexibility index (Phi) is 21.1. The van der Waals surface area contributed by atoms with Crippen LogP contribution in [-0.2, 0) is 56.8 Å². The van der Waals surface area contributed by atoms with E-state index in [1.54, 1.807) is 7.11 Å². The first kappa shape index (κ1) is 66.8. The van der Waals surface area contributed by atoms with E-state index in [0.717, 1.165) is 38.5 Å². The first-order chi connectivity index (χ1) is 40.4. The maximum Gasteiger partial charge on any atom is 0.187 e. The third-order valence-electron chi connectivity index (χ3n) is 22.1. The largest absolute Gasteiger partial charge is 0.394 e. The van der Waals surface area contributed by atoms with Gasteiger partial charge in [0.15, 0.2) is 37.2 Å². The van der Waals surface area contributed by atoms with Gasteiger partial charge < -0.3 is 139 Å². The van der Waals surface area contributed by atoms with Crippen molar-refractivity contribution in [3.05, 3.63) is 0 Å². The minimum atomic E-state index is -2.02. The molecule has 0 spiro atoms. The maximum atomic E-state index is 11.9. The van der Waals surface area contributed by atoms with Gasteiger partial charge in [0.1, 0.15) is 116 Å². The smallest absolute Gasteiger partial charge is 0.187 e. The second-order valence-corrected chi connectivity index (χ2v) is 26.8. The first-order valence-electron chi connectivity index (χ1n) is 30.7. The highest BCUT2D eigenvalue weighted by Crippen LogP contribution is 2.71. The Bertz CT molecular complexity index is 2150. The highest BCUT2D eigenvalue weighted by Gasteiger charge is 2.69. The van der Waals surface area contributed by atoms with Gasteiger partial charge in [0, 0.05) is 19.4 Å². The van der Waals surface area contributed by atoms with Crippen molar-refractivity contribution in [1.29, 1.82) is 0 Å². The summed E-state index contributed by atoms with van der Waals surface area (Å²) in [6, 6.07) is 0. The molecule has 0 aromatic carbocycles. The topological polar surface area (TPSA) is 434 Å². The van der Waals surface area contributed by atoms with Crippen LogP contribution in [0.1, 0.15) is 91.9 Å². The average molecular weight is 1230 g/mol. The molecule has 0 radical (unpaired) electrons. The maximum absolute atomic E-state index is 11.9. The zero-order chi connectivity index (χ0) is 61.4. The van der Waals surface area contributed by atoms with Crippen molar-refractivity contribution in [3.63, 3.8) is 0 Å². The summed E-state index contributed by atoms with van der Waals surface area (Å²) in [4.78, 5) is 0. The van der Waals surface area contributed by atoms with Crippen LogP contribution in [0, 0.1) is 52.3 Å². The van der Waals surface area contributed by atoms with Crippen LogP contribution in [0.3, 0.4) is 0 Å². The molecule has 85 heavy (non-hydrogen) atoms. The molecule has 4 aliphatic carbocycles. The van der Waals surface area contributed by atoms with Crippen LogP contribution in [-0.4, -0.2) is 294 Å². The van der Waals surface area contributed by atoms with E-state index in [2.05, 4.69) is 20.8 Å². The predicted octanol–water partition coefficient (Wildman–Crippen LogP) is -4.84. The van der Waals surface area contributed by atoms with Gasteiger partial charge in [-0.15, -0.1) is 0 Å². The van der Waals surface area contributed by atoms with E-state index in [4.69, 9.17) is 56.8 Å². The summed E-state index contributed by atoms with van der Waals surface area (Å²) in [6.45, 7) is 5.72. The van der Waals surface area contributed by atoms with Crippen molar-refractivity contribution in [2.24, 2.45) is 52.3 Å². The van der Waals surface area contributed by atoms with E-state index in [1.165, 1.54) is 0 Å². The van der Waals surface area contributed by atoms with Gasteiger partial charge in [0.25, 0.3) is 0 Å². The van der Waals surface area contributed by atoms with Gasteiger partial charge >= 0.3 is 0 Å². The molecule has 4 saturated carbocycles. The molecule has 0 amide bonds. The molecule has 6 heterocycles. The molecule has 0 bridgehead atoms. The molecule has 0 unspecified atom stereocenters. The number of rotatable bonds is 19. The van der Waals surface area contributed by atoms with Crippen LogP contribution >= 0.6 is 0 Å². The fraction of sp³-hybridized carbons (Fsp3) is 1.00. The van der Waals surface area contributed by atoms with E-state index < -0.39 is 192 Å². The van der Waals surface area contributed by atoms with Crippen molar-refractivity contribution in [2.75, 3.05) is 46.8 Å². The highest BCUT2D eigenvalue weighted by atomic mass is 16.8. The molecule has 6 saturated heterocycles. The van der Waals surface area contributed by atoms with Crippen LogP contribution in [0.5, 0.6) is 0 Å². The van der Waals surface area contributed by atoms with Gasteiger partial charge in [-0.2, -0.15) is 0 Å².